The van der Waals surface area contributed by atoms with Crippen LogP contribution in [0, 0.1) is 25.7 Å². The van der Waals surface area contributed by atoms with Crippen molar-refractivity contribution in [1.29, 1.82) is 0 Å². The maximum Gasteiger partial charge on any atom is 0.190 e. The Bertz CT molecular complexity index is 539. The molecule has 2 N–H and O–H groups in total. The molecule has 6 heteroatoms. The quantitative estimate of drug-likeness (QED) is 0.414. The second kappa shape index (κ2) is 10.9. The molecule has 2 rings (SSSR count). The number of aromatic nitrogens is 1. The summed E-state index contributed by atoms with van der Waals surface area (Å²) in [6, 6.07) is 0. The Morgan fingerprint density at radius 1 is 1.15 bits per heavy atom. The van der Waals surface area contributed by atoms with Crippen LogP contribution in [0.5, 0.6) is 0 Å². The van der Waals surface area contributed by atoms with Crippen LogP contribution < -0.4 is 10.6 Å². The third-order valence-electron chi connectivity index (χ3n) is 5.07. The lowest BCUT2D eigenvalue weighted by molar-refractivity contribution is 0.139. The van der Waals surface area contributed by atoms with Crippen molar-refractivity contribution in [3.8, 4) is 0 Å². The number of thiazole rings is 1. The third-order valence-corrected chi connectivity index (χ3v) is 6.20. The molecule has 1 aromatic heterocycles. The fourth-order valence-electron chi connectivity index (χ4n) is 3.80. The van der Waals surface area contributed by atoms with Crippen LogP contribution in [-0.4, -0.2) is 55.6 Å². The zero-order valence-corrected chi connectivity index (χ0v) is 18.1. The smallest absolute Gasteiger partial charge is 0.190 e. The van der Waals surface area contributed by atoms with E-state index in [1.165, 1.54) is 48.8 Å². The van der Waals surface area contributed by atoms with Crippen LogP contribution >= 0.6 is 11.3 Å². The number of piperidine rings is 1. The lowest BCUT2D eigenvalue weighted by atomic mass is 9.92. The van der Waals surface area contributed by atoms with E-state index >= 15 is 0 Å². The molecule has 2 heterocycles. The predicted octanol–water partition coefficient (Wildman–Crippen LogP) is 3.23. The molecule has 5 nitrogen and oxygen atoms in total. The van der Waals surface area contributed by atoms with Crippen molar-refractivity contribution in [3.05, 3.63) is 15.6 Å². The number of likely N-dealkylation sites (tertiary alicyclic amines) is 1. The highest BCUT2D eigenvalue weighted by Crippen LogP contribution is 2.21. The van der Waals surface area contributed by atoms with E-state index in [1.807, 2.05) is 7.05 Å². The van der Waals surface area contributed by atoms with E-state index in [9.17, 15) is 0 Å². The van der Waals surface area contributed by atoms with Gasteiger partial charge in [-0.05, 0) is 51.5 Å². The van der Waals surface area contributed by atoms with E-state index in [2.05, 4.69) is 53.2 Å². The minimum absolute atomic E-state index is 0.852. The van der Waals surface area contributed by atoms with Crippen molar-refractivity contribution in [2.45, 2.75) is 53.4 Å². The summed E-state index contributed by atoms with van der Waals surface area (Å²) in [4.78, 5) is 12.9. The van der Waals surface area contributed by atoms with E-state index in [-0.39, 0.29) is 0 Å². The van der Waals surface area contributed by atoms with Gasteiger partial charge in [0.05, 0.1) is 10.7 Å². The number of rotatable bonds is 8. The molecule has 0 amide bonds. The van der Waals surface area contributed by atoms with Crippen LogP contribution in [0.15, 0.2) is 4.99 Å². The first kappa shape index (κ1) is 21.2. The minimum Gasteiger partial charge on any atom is -0.356 e. The number of nitrogens with zero attached hydrogens (tertiary/aromatic N) is 3. The summed E-state index contributed by atoms with van der Waals surface area (Å²) in [6.45, 7) is 14.6. The van der Waals surface area contributed by atoms with Gasteiger partial charge in [0, 0.05) is 44.5 Å². The summed E-state index contributed by atoms with van der Waals surface area (Å²) in [5.74, 6) is 2.60. The van der Waals surface area contributed by atoms with Gasteiger partial charge in [-0.1, -0.05) is 13.8 Å². The Labute approximate surface area is 163 Å². The van der Waals surface area contributed by atoms with Crippen molar-refractivity contribution < 1.29 is 0 Å². The predicted molar refractivity (Wildman–Crippen MR) is 113 cm³/mol. The first-order valence-corrected chi connectivity index (χ1v) is 10.9. The molecular weight excluding hydrogens is 342 g/mol. The molecular formula is C20H37N5S. The summed E-state index contributed by atoms with van der Waals surface area (Å²) in [6.07, 6.45) is 4.78. The summed E-state index contributed by atoms with van der Waals surface area (Å²) in [5, 5.41) is 8.03. The topological polar surface area (TPSA) is 52.6 Å². The average molecular weight is 380 g/mol. The Morgan fingerprint density at radius 3 is 2.46 bits per heavy atom. The van der Waals surface area contributed by atoms with Crippen molar-refractivity contribution in [1.82, 2.24) is 20.5 Å². The number of hydrogen-bond acceptors (Lipinski definition) is 4. The maximum absolute atomic E-state index is 4.59. The minimum atomic E-state index is 0.852. The zero-order chi connectivity index (χ0) is 18.9. The van der Waals surface area contributed by atoms with Gasteiger partial charge in [0.25, 0.3) is 0 Å². The van der Waals surface area contributed by atoms with E-state index in [0.717, 1.165) is 43.0 Å². The molecule has 2 atom stereocenters. The number of aryl methyl sites for hydroxylation is 2. The summed E-state index contributed by atoms with van der Waals surface area (Å²) >= 11 is 1.80. The van der Waals surface area contributed by atoms with E-state index in [1.54, 1.807) is 11.3 Å². The largest absolute Gasteiger partial charge is 0.356 e. The van der Waals surface area contributed by atoms with Crippen molar-refractivity contribution in [2.75, 3.05) is 39.8 Å². The monoisotopic (exact) mass is 379 g/mol. The standard InChI is InChI=1S/C20H37N5S/c1-15-12-16(2)14-25(13-15)11-7-6-9-22-20(21-5)23-10-8-19-24-17(3)18(4)26-19/h15-16H,6-14H2,1-5H3,(H2,21,22,23). The molecule has 0 saturated carbocycles. The Balaban J connectivity index is 1.56. The molecule has 148 valence electrons. The van der Waals surface area contributed by atoms with Gasteiger partial charge in [-0.2, -0.15) is 0 Å². The van der Waals surface area contributed by atoms with Gasteiger partial charge in [-0.15, -0.1) is 11.3 Å². The van der Waals surface area contributed by atoms with Crippen LogP contribution in [0.1, 0.15) is 48.7 Å². The average Bonchev–Trinajstić information content (AvgIpc) is 2.90. The zero-order valence-electron chi connectivity index (χ0n) is 17.3. The fourth-order valence-corrected chi connectivity index (χ4v) is 4.73. The number of nitrogens with one attached hydrogen (secondary N) is 2. The number of aliphatic imine (C=N–C) groups is 1. The first-order chi connectivity index (χ1) is 12.5. The van der Waals surface area contributed by atoms with Gasteiger partial charge in [0.2, 0.25) is 0 Å². The first-order valence-electron chi connectivity index (χ1n) is 10.1. The molecule has 0 radical (unpaired) electrons. The lowest BCUT2D eigenvalue weighted by Gasteiger charge is -2.34. The normalized spacial score (nSPS) is 21.8. The molecule has 0 aliphatic carbocycles. The molecule has 1 fully saturated rings. The second-order valence-corrected chi connectivity index (χ2v) is 9.13. The molecule has 0 bridgehead atoms. The second-order valence-electron chi connectivity index (χ2n) is 7.84. The number of unbranched alkanes of at least 4 members (excludes halogenated alkanes) is 1. The fraction of sp³-hybridized carbons (Fsp3) is 0.800. The molecule has 0 aromatic carbocycles. The summed E-state index contributed by atoms with van der Waals surface area (Å²) < 4.78 is 0. The van der Waals surface area contributed by atoms with Crippen molar-refractivity contribution in [2.24, 2.45) is 16.8 Å². The SMILES string of the molecule is CN=C(NCCCCN1CC(C)CC(C)C1)NCCc1nc(C)c(C)s1. The molecule has 26 heavy (non-hydrogen) atoms. The van der Waals surface area contributed by atoms with Gasteiger partial charge >= 0.3 is 0 Å². The van der Waals surface area contributed by atoms with E-state index in [4.69, 9.17) is 0 Å². The van der Waals surface area contributed by atoms with Crippen LogP contribution in [0.4, 0.5) is 0 Å². The molecule has 0 spiro atoms. The Kier molecular flexibility index (Phi) is 8.85. The summed E-state index contributed by atoms with van der Waals surface area (Å²) in [7, 11) is 1.84. The number of hydrogen-bond donors (Lipinski definition) is 2. The maximum atomic E-state index is 4.59. The van der Waals surface area contributed by atoms with Crippen LogP contribution in [0.3, 0.4) is 0 Å². The molecule has 1 aromatic rings. The third kappa shape index (κ3) is 7.23. The molecule has 1 saturated heterocycles. The lowest BCUT2D eigenvalue weighted by Crippen LogP contribution is -2.40. The number of guanidine groups is 1. The van der Waals surface area contributed by atoms with Gasteiger partial charge in [-0.25, -0.2) is 4.98 Å². The Hall–Kier alpha value is -1.14. The highest BCUT2D eigenvalue weighted by molar-refractivity contribution is 7.11. The van der Waals surface area contributed by atoms with Crippen LogP contribution in [0.25, 0.3) is 0 Å². The highest BCUT2D eigenvalue weighted by Gasteiger charge is 2.20. The van der Waals surface area contributed by atoms with Gasteiger partial charge in [0.1, 0.15) is 0 Å². The van der Waals surface area contributed by atoms with Gasteiger partial charge in [-0.3, -0.25) is 4.99 Å². The van der Waals surface area contributed by atoms with Crippen LogP contribution in [0.2, 0.25) is 0 Å². The Morgan fingerprint density at radius 2 is 1.85 bits per heavy atom. The van der Waals surface area contributed by atoms with Gasteiger partial charge < -0.3 is 15.5 Å². The van der Waals surface area contributed by atoms with Crippen molar-refractivity contribution >= 4 is 17.3 Å². The summed E-state index contributed by atoms with van der Waals surface area (Å²) in [5.41, 5.74) is 1.16. The molecule has 1 aliphatic heterocycles. The molecule has 2 unspecified atom stereocenters. The van der Waals surface area contributed by atoms with Crippen molar-refractivity contribution in [3.63, 3.8) is 0 Å². The van der Waals surface area contributed by atoms with E-state index in [0.29, 0.717) is 0 Å². The molecule has 1 aliphatic rings. The van der Waals surface area contributed by atoms with Gasteiger partial charge in [0.15, 0.2) is 5.96 Å². The van der Waals surface area contributed by atoms with Crippen LogP contribution in [-0.2, 0) is 6.42 Å². The highest BCUT2D eigenvalue weighted by atomic mass is 32.1. The van der Waals surface area contributed by atoms with E-state index < -0.39 is 0 Å².